The predicted octanol–water partition coefficient (Wildman–Crippen LogP) is 0.772. The Morgan fingerprint density at radius 3 is 2.86 bits per heavy atom. The molecular weight excluding hydrogens is 290 g/mol. The molecule has 2 aliphatic rings. The lowest BCUT2D eigenvalue weighted by molar-refractivity contribution is -0.116. The van der Waals surface area contributed by atoms with Crippen LogP contribution < -0.4 is 15.4 Å². The van der Waals surface area contributed by atoms with Gasteiger partial charge in [0.1, 0.15) is 0 Å². The van der Waals surface area contributed by atoms with E-state index in [0.29, 0.717) is 12.2 Å². The molecule has 2 aliphatic heterocycles. The van der Waals surface area contributed by atoms with Crippen molar-refractivity contribution in [2.24, 2.45) is 0 Å². The number of amides is 1. The van der Waals surface area contributed by atoms with Crippen molar-refractivity contribution < 1.29 is 13.2 Å². The summed E-state index contributed by atoms with van der Waals surface area (Å²) in [6.07, 6.45) is 1.81. The maximum Gasteiger partial charge on any atom is 0.240 e. The van der Waals surface area contributed by atoms with E-state index in [4.69, 9.17) is 0 Å². The number of hydrogen-bond donors (Lipinski definition) is 3. The highest BCUT2D eigenvalue weighted by Crippen LogP contribution is 2.33. The van der Waals surface area contributed by atoms with Gasteiger partial charge in [0.15, 0.2) is 0 Å². The number of carbonyl (C=O) groups is 1. The van der Waals surface area contributed by atoms with E-state index in [2.05, 4.69) is 15.4 Å². The van der Waals surface area contributed by atoms with E-state index in [1.807, 2.05) is 0 Å². The third kappa shape index (κ3) is 2.81. The molecule has 7 heteroatoms. The molecule has 1 saturated heterocycles. The van der Waals surface area contributed by atoms with Gasteiger partial charge in [0.25, 0.3) is 0 Å². The fourth-order valence-electron chi connectivity index (χ4n) is 2.80. The van der Waals surface area contributed by atoms with Crippen LogP contribution in [0.25, 0.3) is 0 Å². The zero-order chi connectivity index (χ0) is 15.0. The Kier molecular flexibility index (Phi) is 3.73. The summed E-state index contributed by atoms with van der Waals surface area (Å²) in [6, 6.07) is 4.71. The highest BCUT2D eigenvalue weighted by atomic mass is 32.2. The van der Waals surface area contributed by atoms with Crippen molar-refractivity contribution in [3.8, 4) is 0 Å². The maximum absolute atomic E-state index is 12.4. The first-order chi connectivity index (χ1) is 9.97. The highest BCUT2D eigenvalue weighted by molar-refractivity contribution is 7.89. The maximum atomic E-state index is 12.4. The number of anilines is 1. The second-order valence-electron chi connectivity index (χ2n) is 5.62. The van der Waals surface area contributed by atoms with Crippen LogP contribution in [0.5, 0.6) is 0 Å². The SMILES string of the molecule is CC1C(=O)Nc2ccc(S(=O)(=O)N[C@@H]3CCCNC3)cc21. The van der Waals surface area contributed by atoms with Crippen molar-refractivity contribution in [3.05, 3.63) is 23.8 Å². The number of piperidine rings is 1. The summed E-state index contributed by atoms with van der Waals surface area (Å²) in [7, 11) is -3.55. The summed E-state index contributed by atoms with van der Waals surface area (Å²) < 4.78 is 27.6. The quantitative estimate of drug-likeness (QED) is 0.770. The monoisotopic (exact) mass is 309 g/mol. The average molecular weight is 309 g/mol. The Hall–Kier alpha value is -1.44. The van der Waals surface area contributed by atoms with Gasteiger partial charge in [0, 0.05) is 18.3 Å². The van der Waals surface area contributed by atoms with Crippen molar-refractivity contribution >= 4 is 21.6 Å². The molecule has 3 rings (SSSR count). The molecule has 1 amide bonds. The van der Waals surface area contributed by atoms with Gasteiger partial charge >= 0.3 is 0 Å². The highest BCUT2D eigenvalue weighted by Gasteiger charge is 2.29. The minimum absolute atomic E-state index is 0.0748. The van der Waals surface area contributed by atoms with E-state index in [1.165, 1.54) is 6.07 Å². The predicted molar refractivity (Wildman–Crippen MR) is 79.7 cm³/mol. The molecule has 0 radical (unpaired) electrons. The summed E-state index contributed by atoms with van der Waals surface area (Å²) in [6.45, 7) is 3.36. The smallest absolute Gasteiger partial charge is 0.240 e. The van der Waals surface area contributed by atoms with Gasteiger partial charge in [-0.15, -0.1) is 0 Å². The van der Waals surface area contributed by atoms with Gasteiger partial charge in [0.05, 0.1) is 10.8 Å². The van der Waals surface area contributed by atoms with Crippen LogP contribution in [0.15, 0.2) is 23.1 Å². The van der Waals surface area contributed by atoms with Crippen molar-refractivity contribution in [1.82, 2.24) is 10.0 Å². The molecule has 1 fully saturated rings. The van der Waals surface area contributed by atoms with E-state index >= 15 is 0 Å². The zero-order valence-electron chi connectivity index (χ0n) is 11.8. The Morgan fingerprint density at radius 2 is 2.14 bits per heavy atom. The number of carbonyl (C=O) groups excluding carboxylic acids is 1. The summed E-state index contributed by atoms with van der Waals surface area (Å²) in [4.78, 5) is 11.8. The third-order valence-corrected chi connectivity index (χ3v) is 5.59. The summed E-state index contributed by atoms with van der Waals surface area (Å²) in [5.74, 6) is -0.407. The van der Waals surface area contributed by atoms with Crippen LogP contribution in [0.4, 0.5) is 5.69 Å². The molecule has 2 heterocycles. The number of sulfonamides is 1. The van der Waals surface area contributed by atoms with Crippen molar-refractivity contribution in [3.63, 3.8) is 0 Å². The molecule has 3 N–H and O–H groups in total. The molecule has 2 atom stereocenters. The molecule has 1 aromatic rings. The summed E-state index contributed by atoms with van der Waals surface area (Å²) in [5.41, 5.74) is 1.44. The number of nitrogens with one attached hydrogen (secondary N) is 3. The van der Waals surface area contributed by atoms with Gasteiger partial charge in [-0.05, 0) is 50.1 Å². The van der Waals surface area contributed by atoms with Crippen LogP contribution in [0.3, 0.4) is 0 Å². The van der Waals surface area contributed by atoms with Gasteiger partial charge in [-0.1, -0.05) is 0 Å². The molecular formula is C14H19N3O3S. The normalized spacial score (nSPS) is 25.5. The molecule has 6 nitrogen and oxygen atoms in total. The molecule has 0 aromatic heterocycles. The topological polar surface area (TPSA) is 87.3 Å². The van der Waals surface area contributed by atoms with E-state index in [-0.39, 0.29) is 22.8 Å². The van der Waals surface area contributed by atoms with Crippen LogP contribution in [-0.4, -0.2) is 33.5 Å². The zero-order valence-corrected chi connectivity index (χ0v) is 12.7. The molecule has 1 unspecified atom stereocenters. The standard InChI is InChI=1S/C14H19N3O3S/c1-9-12-7-11(4-5-13(12)16-14(9)18)21(19,20)17-10-3-2-6-15-8-10/h4-5,7,9-10,15,17H,2-3,6,8H2,1H3,(H,16,18)/t9?,10-/m1/s1. The second-order valence-corrected chi connectivity index (χ2v) is 7.34. The Bertz CT molecular complexity index is 666. The number of benzene rings is 1. The van der Waals surface area contributed by atoms with Crippen molar-refractivity contribution in [2.45, 2.75) is 36.6 Å². The lowest BCUT2D eigenvalue weighted by Gasteiger charge is -2.23. The van der Waals surface area contributed by atoms with Gasteiger partial charge in [0.2, 0.25) is 15.9 Å². The average Bonchev–Trinajstić information content (AvgIpc) is 2.74. The van der Waals surface area contributed by atoms with E-state index < -0.39 is 10.0 Å². The summed E-state index contributed by atoms with van der Waals surface area (Å²) >= 11 is 0. The molecule has 0 spiro atoms. The largest absolute Gasteiger partial charge is 0.325 e. The molecule has 21 heavy (non-hydrogen) atoms. The first kappa shape index (κ1) is 14.5. The lowest BCUT2D eigenvalue weighted by atomic mass is 10.0. The second kappa shape index (κ2) is 5.40. The number of fused-ring (bicyclic) bond motifs is 1. The minimum atomic E-state index is -3.55. The first-order valence-electron chi connectivity index (χ1n) is 7.15. The van der Waals surface area contributed by atoms with Gasteiger partial charge in [-0.2, -0.15) is 0 Å². The molecule has 1 aromatic carbocycles. The first-order valence-corrected chi connectivity index (χ1v) is 8.63. The molecule has 0 aliphatic carbocycles. The van der Waals surface area contributed by atoms with E-state index in [1.54, 1.807) is 19.1 Å². The number of rotatable bonds is 3. The van der Waals surface area contributed by atoms with Crippen LogP contribution in [-0.2, 0) is 14.8 Å². The molecule has 0 bridgehead atoms. The van der Waals surface area contributed by atoms with Gasteiger partial charge in [-0.25, -0.2) is 13.1 Å². The van der Waals surface area contributed by atoms with E-state index in [0.717, 1.165) is 24.9 Å². The number of hydrogen-bond acceptors (Lipinski definition) is 4. The lowest BCUT2D eigenvalue weighted by Crippen LogP contribution is -2.45. The van der Waals surface area contributed by atoms with Gasteiger partial charge in [-0.3, -0.25) is 4.79 Å². The van der Waals surface area contributed by atoms with Crippen molar-refractivity contribution in [1.29, 1.82) is 0 Å². The van der Waals surface area contributed by atoms with Crippen LogP contribution in [0, 0.1) is 0 Å². The molecule has 114 valence electrons. The minimum Gasteiger partial charge on any atom is -0.325 e. The molecule has 0 saturated carbocycles. The van der Waals surface area contributed by atoms with Crippen molar-refractivity contribution in [2.75, 3.05) is 18.4 Å². The van der Waals surface area contributed by atoms with Crippen LogP contribution in [0.1, 0.15) is 31.2 Å². The summed E-state index contributed by atoms with van der Waals surface area (Å²) in [5, 5.41) is 5.92. The Morgan fingerprint density at radius 1 is 1.33 bits per heavy atom. The van der Waals surface area contributed by atoms with Crippen LogP contribution in [0.2, 0.25) is 0 Å². The van der Waals surface area contributed by atoms with Gasteiger partial charge < -0.3 is 10.6 Å². The Balaban J connectivity index is 1.84. The van der Waals surface area contributed by atoms with Crippen LogP contribution >= 0.6 is 0 Å². The Labute approximate surface area is 124 Å². The fraction of sp³-hybridized carbons (Fsp3) is 0.500. The third-order valence-electron chi connectivity index (χ3n) is 4.07. The van der Waals surface area contributed by atoms with E-state index in [9.17, 15) is 13.2 Å². The fourth-order valence-corrected chi connectivity index (χ4v) is 4.11.